The van der Waals surface area contributed by atoms with Crippen LogP contribution in [0.5, 0.6) is 5.75 Å². The number of hydrogen-bond acceptors (Lipinski definition) is 4. The maximum absolute atomic E-state index is 13.4. The highest BCUT2D eigenvalue weighted by atomic mass is 35.5. The number of amides is 1. The van der Waals surface area contributed by atoms with Crippen LogP contribution >= 0.6 is 11.6 Å². The van der Waals surface area contributed by atoms with Crippen molar-refractivity contribution in [1.29, 1.82) is 0 Å². The van der Waals surface area contributed by atoms with E-state index in [0.717, 1.165) is 12.1 Å². The number of methoxy groups -OCH3 is 1. The van der Waals surface area contributed by atoms with Gasteiger partial charge in [-0.15, -0.1) is 0 Å². The van der Waals surface area contributed by atoms with Gasteiger partial charge in [0.1, 0.15) is 11.3 Å². The molecule has 0 fully saturated rings. The van der Waals surface area contributed by atoms with Crippen molar-refractivity contribution < 1.29 is 18.8 Å². The van der Waals surface area contributed by atoms with E-state index in [4.69, 9.17) is 20.8 Å². The number of benzene rings is 2. The molecule has 150 valence electrons. The first-order chi connectivity index (χ1) is 13.9. The summed E-state index contributed by atoms with van der Waals surface area (Å²) in [7, 11) is 5.59. The largest absolute Gasteiger partial charge is 0.497 e. The minimum absolute atomic E-state index is 0.101. The number of rotatable bonds is 5. The van der Waals surface area contributed by atoms with Crippen molar-refractivity contribution in [2.75, 3.05) is 34.3 Å². The summed E-state index contributed by atoms with van der Waals surface area (Å²) in [6, 6.07) is 11.8. The van der Waals surface area contributed by atoms with E-state index in [1.54, 1.807) is 42.3 Å². The molecule has 0 bridgehead atoms. The van der Waals surface area contributed by atoms with Gasteiger partial charge in [-0.25, -0.2) is 0 Å². The third-order valence-electron chi connectivity index (χ3n) is 5.21. The molecule has 1 amide bonds. The molecule has 1 aliphatic rings. The molecular formula is C22H22ClN2O4+. The Kier molecular flexibility index (Phi) is 5.06. The molecule has 6 nitrogen and oxygen atoms in total. The first-order valence-corrected chi connectivity index (χ1v) is 9.78. The summed E-state index contributed by atoms with van der Waals surface area (Å²) < 4.78 is 11.2. The number of ether oxygens (including phenoxy) is 1. The number of carbonyl (C=O) groups is 1. The van der Waals surface area contributed by atoms with Crippen molar-refractivity contribution in [3.05, 3.63) is 74.6 Å². The molecule has 0 aliphatic carbocycles. The molecule has 2 heterocycles. The average Bonchev–Trinajstić information content (AvgIpc) is 2.99. The first kappa shape index (κ1) is 19.5. The molecule has 7 heteroatoms. The SMILES string of the molecule is COc1ccc2c(=O)c3c(oc2c1)C(=O)N(CC[NH+](C)C)[C@@H]3c1ccc(Cl)cc1. The molecule has 1 aliphatic heterocycles. The topological polar surface area (TPSA) is 64.2 Å². The van der Waals surface area contributed by atoms with Crippen LogP contribution in [0.25, 0.3) is 11.0 Å². The number of fused-ring (bicyclic) bond motifs is 2. The van der Waals surface area contributed by atoms with Gasteiger partial charge in [0.15, 0.2) is 5.43 Å². The van der Waals surface area contributed by atoms with Crippen molar-refractivity contribution >= 4 is 28.5 Å². The number of carbonyl (C=O) groups excluding carboxylic acids is 1. The Morgan fingerprint density at radius 1 is 1.14 bits per heavy atom. The Morgan fingerprint density at radius 3 is 2.52 bits per heavy atom. The lowest BCUT2D eigenvalue weighted by molar-refractivity contribution is -0.857. The minimum atomic E-state index is -0.503. The van der Waals surface area contributed by atoms with Gasteiger partial charge >= 0.3 is 0 Å². The second-order valence-corrected chi connectivity index (χ2v) is 7.88. The van der Waals surface area contributed by atoms with Crippen LogP contribution in [0.2, 0.25) is 5.02 Å². The van der Waals surface area contributed by atoms with E-state index in [0.29, 0.717) is 33.8 Å². The lowest BCUT2D eigenvalue weighted by Crippen LogP contribution is -3.06. The zero-order valence-electron chi connectivity index (χ0n) is 16.5. The zero-order valence-corrected chi connectivity index (χ0v) is 17.2. The summed E-state index contributed by atoms with van der Waals surface area (Å²) in [4.78, 5) is 29.5. The molecule has 0 unspecified atom stereocenters. The third kappa shape index (κ3) is 3.39. The van der Waals surface area contributed by atoms with E-state index in [1.165, 1.54) is 4.90 Å². The van der Waals surface area contributed by atoms with E-state index >= 15 is 0 Å². The number of nitrogens with one attached hydrogen (secondary N) is 1. The molecule has 0 saturated carbocycles. The van der Waals surface area contributed by atoms with Crippen molar-refractivity contribution in [3.8, 4) is 5.75 Å². The highest BCUT2D eigenvalue weighted by Crippen LogP contribution is 2.38. The van der Waals surface area contributed by atoms with Crippen LogP contribution in [0.4, 0.5) is 0 Å². The normalized spacial score (nSPS) is 16.0. The van der Waals surface area contributed by atoms with Gasteiger partial charge in [0, 0.05) is 11.1 Å². The smallest absolute Gasteiger partial charge is 0.291 e. The van der Waals surface area contributed by atoms with Crippen molar-refractivity contribution in [1.82, 2.24) is 4.90 Å². The van der Waals surface area contributed by atoms with Gasteiger partial charge in [0.05, 0.1) is 51.3 Å². The van der Waals surface area contributed by atoms with Crippen LogP contribution in [0, 0.1) is 0 Å². The Morgan fingerprint density at radius 2 is 1.86 bits per heavy atom. The van der Waals surface area contributed by atoms with Crippen LogP contribution in [0.15, 0.2) is 51.7 Å². The molecule has 2 aromatic carbocycles. The fraction of sp³-hybridized carbons (Fsp3) is 0.273. The van der Waals surface area contributed by atoms with Crippen LogP contribution in [-0.4, -0.2) is 45.1 Å². The third-order valence-corrected chi connectivity index (χ3v) is 5.47. The molecule has 29 heavy (non-hydrogen) atoms. The fourth-order valence-corrected chi connectivity index (χ4v) is 3.82. The Hall–Kier alpha value is -2.83. The van der Waals surface area contributed by atoms with Gasteiger partial charge < -0.3 is 19.0 Å². The molecule has 1 atom stereocenters. The Bertz CT molecular complexity index is 1140. The van der Waals surface area contributed by atoms with E-state index < -0.39 is 6.04 Å². The predicted molar refractivity (Wildman–Crippen MR) is 111 cm³/mol. The molecule has 0 radical (unpaired) electrons. The maximum atomic E-state index is 13.4. The lowest BCUT2D eigenvalue weighted by atomic mass is 9.98. The molecule has 4 rings (SSSR count). The number of likely N-dealkylation sites (N-methyl/N-ethyl adjacent to an activating group) is 1. The van der Waals surface area contributed by atoms with Crippen molar-refractivity contribution in [2.24, 2.45) is 0 Å². The summed E-state index contributed by atoms with van der Waals surface area (Å²) in [5.74, 6) is 0.390. The molecular weight excluding hydrogens is 392 g/mol. The molecule has 0 spiro atoms. The quantitative estimate of drug-likeness (QED) is 0.696. The van der Waals surface area contributed by atoms with E-state index in [1.807, 2.05) is 26.2 Å². The van der Waals surface area contributed by atoms with Crippen LogP contribution < -0.4 is 15.1 Å². The fourth-order valence-electron chi connectivity index (χ4n) is 3.69. The second-order valence-electron chi connectivity index (χ2n) is 7.45. The maximum Gasteiger partial charge on any atom is 0.291 e. The van der Waals surface area contributed by atoms with Gasteiger partial charge in [-0.1, -0.05) is 23.7 Å². The van der Waals surface area contributed by atoms with Crippen molar-refractivity contribution in [3.63, 3.8) is 0 Å². The number of nitrogens with zero attached hydrogens (tertiary/aromatic N) is 1. The Balaban J connectivity index is 1.92. The van der Waals surface area contributed by atoms with E-state index in [-0.39, 0.29) is 17.1 Å². The predicted octanol–water partition coefficient (Wildman–Crippen LogP) is 2.14. The second kappa shape index (κ2) is 7.54. The molecule has 1 aromatic heterocycles. The molecule has 1 N–H and O–H groups in total. The van der Waals surface area contributed by atoms with Crippen LogP contribution in [0.1, 0.15) is 27.7 Å². The van der Waals surface area contributed by atoms with Gasteiger partial charge in [0.25, 0.3) is 5.91 Å². The monoisotopic (exact) mass is 413 g/mol. The summed E-state index contributed by atoms with van der Waals surface area (Å²) in [6.07, 6.45) is 0. The minimum Gasteiger partial charge on any atom is -0.497 e. The van der Waals surface area contributed by atoms with E-state index in [9.17, 15) is 9.59 Å². The summed E-state index contributed by atoms with van der Waals surface area (Å²) in [5, 5.41) is 1.02. The Labute approximate surface area is 173 Å². The van der Waals surface area contributed by atoms with Crippen molar-refractivity contribution in [2.45, 2.75) is 6.04 Å². The number of hydrogen-bond donors (Lipinski definition) is 1. The number of halogens is 1. The zero-order chi connectivity index (χ0) is 20.7. The van der Waals surface area contributed by atoms with E-state index in [2.05, 4.69) is 0 Å². The molecule has 0 saturated heterocycles. The van der Waals surface area contributed by atoms with Crippen LogP contribution in [-0.2, 0) is 0 Å². The summed E-state index contributed by atoms with van der Waals surface area (Å²) >= 11 is 6.05. The summed E-state index contributed by atoms with van der Waals surface area (Å²) in [6.45, 7) is 1.24. The average molecular weight is 414 g/mol. The van der Waals surface area contributed by atoms with Gasteiger partial charge in [-0.3, -0.25) is 9.59 Å². The van der Waals surface area contributed by atoms with Crippen LogP contribution in [0.3, 0.4) is 0 Å². The number of quaternary nitrogens is 1. The first-order valence-electron chi connectivity index (χ1n) is 9.41. The van der Waals surface area contributed by atoms with Gasteiger partial charge in [0.2, 0.25) is 5.76 Å². The highest BCUT2D eigenvalue weighted by molar-refractivity contribution is 6.30. The lowest BCUT2D eigenvalue weighted by Gasteiger charge is -2.25. The standard InChI is InChI=1S/C22H21ClN2O4/c1-24(2)10-11-25-19(13-4-6-14(23)7-5-13)18-20(26)16-9-8-15(28-3)12-17(16)29-21(18)22(25)27/h4-9,12,19H,10-11H2,1-3H3/p+1/t19-/m1/s1. The van der Waals surface area contributed by atoms with Gasteiger partial charge in [-0.2, -0.15) is 0 Å². The molecule has 3 aromatic rings. The summed E-state index contributed by atoms with van der Waals surface area (Å²) in [5.41, 5.74) is 1.35. The van der Waals surface area contributed by atoms with Gasteiger partial charge in [-0.05, 0) is 29.8 Å². The highest BCUT2D eigenvalue weighted by Gasteiger charge is 2.42.